The molecule has 0 spiro atoms. The molecule has 4 heterocycles. The number of nitrogens with one attached hydrogen (secondary N) is 2. The fourth-order valence-electron chi connectivity index (χ4n) is 4.82. The Labute approximate surface area is 228 Å². The number of aromatic nitrogens is 3. The summed E-state index contributed by atoms with van der Waals surface area (Å²) in [7, 11) is -3.98. The largest absolute Gasteiger partial charge is 0.367 e. The molecule has 2 aliphatic rings. The van der Waals surface area contributed by atoms with E-state index in [2.05, 4.69) is 25.6 Å². The Morgan fingerprint density at radius 3 is 2.95 bits per heavy atom. The Balaban J connectivity index is 1.34. The lowest BCUT2D eigenvalue weighted by molar-refractivity contribution is 0.104. The number of hydrogen-bond acceptors (Lipinski definition) is 10. The lowest BCUT2D eigenvalue weighted by atomic mass is 9.95. The zero-order valence-electron chi connectivity index (χ0n) is 19.5. The number of rotatable bonds is 8. The number of thiophene rings is 1. The van der Waals surface area contributed by atoms with Crippen molar-refractivity contribution in [3.63, 3.8) is 0 Å². The Morgan fingerprint density at radius 2 is 2.14 bits per heavy atom. The van der Waals surface area contributed by atoms with Crippen molar-refractivity contribution in [2.24, 2.45) is 11.1 Å². The van der Waals surface area contributed by atoms with Crippen LogP contribution in [0.3, 0.4) is 0 Å². The van der Waals surface area contributed by atoms with Crippen LogP contribution in [0.1, 0.15) is 57.4 Å². The molecular weight excluding hydrogens is 559 g/mol. The molecule has 4 N–H and O–H groups in total. The molecule has 0 aromatic carbocycles. The van der Waals surface area contributed by atoms with Crippen molar-refractivity contribution in [2.75, 3.05) is 18.5 Å². The third-order valence-electron chi connectivity index (χ3n) is 6.55. The zero-order valence-corrected chi connectivity index (χ0v) is 22.6. The molecule has 37 heavy (non-hydrogen) atoms. The van der Waals surface area contributed by atoms with Gasteiger partial charge in [0.1, 0.15) is 17.3 Å². The molecule has 3 aromatic heterocycles. The second-order valence-corrected chi connectivity index (χ2v) is 12.3. The number of hydrogen-bond donors (Lipinski definition) is 3. The van der Waals surface area contributed by atoms with Crippen molar-refractivity contribution in [2.45, 2.75) is 37.8 Å². The maximum atomic E-state index is 13.5. The van der Waals surface area contributed by atoms with Crippen molar-refractivity contribution in [1.29, 1.82) is 0 Å². The van der Waals surface area contributed by atoms with E-state index < -0.39 is 10.3 Å². The van der Waals surface area contributed by atoms with Crippen LogP contribution in [0.15, 0.2) is 30.7 Å². The van der Waals surface area contributed by atoms with Gasteiger partial charge in [-0.1, -0.05) is 29.3 Å². The molecule has 1 aliphatic heterocycles. The minimum Gasteiger partial charge on any atom is -0.367 e. The van der Waals surface area contributed by atoms with Crippen LogP contribution in [0.5, 0.6) is 0 Å². The number of halogens is 2. The van der Waals surface area contributed by atoms with Gasteiger partial charge in [0.05, 0.1) is 33.1 Å². The van der Waals surface area contributed by atoms with Gasteiger partial charge in [0, 0.05) is 24.3 Å². The predicted octanol–water partition coefficient (Wildman–Crippen LogP) is 3.51. The Kier molecular flexibility index (Phi) is 7.78. The van der Waals surface area contributed by atoms with Crippen LogP contribution in [-0.2, 0) is 20.9 Å². The summed E-state index contributed by atoms with van der Waals surface area (Å²) in [4.78, 5) is 26.9. The number of ketones is 1. The molecule has 1 aliphatic carbocycles. The van der Waals surface area contributed by atoms with E-state index in [1.165, 1.54) is 23.9 Å². The van der Waals surface area contributed by atoms with Gasteiger partial charge in [0.25, 0.3) is 0 Å². The average Bonchev–Trinajstić information content (AvgIpc) is 3.48. The van der Waals surface area contributed by atoms with Crippen LogP contribution in [0.25, 0.3) is 0 Å². The fraction of sp³-hybridized carbons (Fsp3) is 0.391. The summed E-state index contributed by atoms with van der Waals surface area (Å²) in [6, 6.07) is 5.26. The molecule has 3 aromatic rings. The van der Waals surface area contributed by atoms with E-state index in [1.54, 1.807) is 12.1 Å². The first kappa shape index (κ1) is 26.4. The Bertz CT molecular complexity index is 1430. The first-order valence-corrected chi connectivity index (χ1v) is 14.7. The van der Waals surface area contributed by atoms with Gasteiger partial charge in [0.2, 0.25) is 5.78 Å². The van der Waals surface area contributed by atoms with Crippen molar-refractivity contribution < 1.29 is 17.4 Å². The van der Waals surface area contributed by atoms with Gasteiger partial charge in [-0.15, -0.1) is 11.3 Å². The maximum Gasteiger partial charge on any atom is 0.333 e. The van der Waals surface area contributed by atoms with Gasteiger partial charge < -0.3 is 10.6 Å². The van der Waals surface area contributed by atoms with E-state index in [1.807, 2.05) is 6.07 Å². The first-order valence-electron chi connectivity index (χ1n) is 11.6. The van der Waals surface area contributed by atoms with Gasteiger partial charge >= 0.3 is 10.3 Å². The highest BCUT2D eigenvalue weighted by Gasteiger charge is 2.30. The smallest absolute Gasteiger partial charge is 0.333 e. The van der Waals surface area contributed by atoms with E-state index in [0.717, 1.165) is 42.6 Å². The highest BCUT2D eigenvalue weighted by Crippen LogP contribution is 2.39. The van der Waals surface area contributed by atoms with Crippen molar-refractivity contribution in [1.82, 2.24) is 20.3 Å². The van der Waals surface area contributed by atoms with Crippen LogP contribution in [0.2, 0.25) is 9.49 Å². The highest BCUT2D eigenvalue weighted by molar-refractivity contribution is 7.84. The molecule has 0 bridgehead atoms. The van der Waals surface area contributed by atoms with Gasteiger partial charge in [-0.25, -0.2) is 20.1 Å². The summed E-state index contributed by atoms with van der Waals surface area (Å²) in [5.41, 5.74) is 3.00. The number of carbonyl (C=O) groups excluding carboxylic acids is 1. The minimum absolute atomic E-state index is 0.00298. The van der Waals surface area contributed by atoms with Gasteiger partial charge in [-0.2, -0.15) is 8.42 Å². The lowest BCUT2D eigenvalue weighted by Gasteiger charge is -2.25. The summed E-state index contributed by atoms with van der Waals surface area (Å²) in [5.74, 6) is 0.200. The molecule has 1 saturated carbocycles. The van der Waals surface area contributed by atoms with Gasteiger partial charge in [-0.3, -0.25) is 8.98 Å². The molecule has 5 rings (SSSR count). The molecule has 3 atom stereocenters. The average molecular weight is 584 g/mol. The maximum absolute atomic E-state index is 13.5. The van der Waals surface area contributed by atoms with Crippen LogP contribution in [0.4, 0.5) is 5.82 Å². The molecule has 10 nitrogen and oxygen atoms in total. The first-order chi connectivity index (χ1) is 17.7. The zero-order chi connectivity index (χ0) is 26.2. The summed E-state index contributed by atoms with van der Waals surface area (Å²) < 4.78 is 27.4. The normalized spacial score (nSPS) is 21.5. The van der Waals surface area contributed by atoms with E-state index in [-0.39, 0.29) is 30.4 Å². The molecule has 0 amide bonds. The standard InChI is InChI=1S/C23H24Cl2N6O4S2/c24-18-4-2-13-5-6-28-20(19(13)31-18)15-8-17(36-22(15)25)21(32)16-9-27-11-29-23(16)30-14-3-1-12(7-14)10-35-37(26,33)34/h2,4,8-9,11-12,14,20,28H,1,3,5-7,10H2,(H2,26,33,34)(H,27,29,30)/t12-,14+,20?/m1/s1. The number of pyridine rings is 1. The Morgan fingerprint density at radius 1 is 1.30 bits per heavy atom. The SMILES string of the molecule is NS(=O)(=O)OC[C@@H]1CC[C@H](Nc2ncncc2C(=O)c2cc(C3NCCc4ccc(Cl)nc43)c(Cl)s2)C1. The van der Waals surface area contributed by atoms with Gasteiger partial charge in [0.15, 0.2) is 0 Å². The van der Waals surface area contributed by atoms with E-state index in [9.17, 15) is 13.2 Å². The van der Waals surface area contributed by atoms with Crippen molar-refractivity contribution in [3.05, 3.63) is 67.5 Å². The molecule has 1 unspecified atom stereocenters. The van der Waals surface area contributed by atoms with Crippen LogP contribution in [0, 0.1) is 5.92 Å². The fourth-order valence-corrected chi connectivity index (χ4v) is 6.65. The van der Waals surface area contributed by atoms with E-state index in [4.69, 9.17) is 32.5 Å². The van der Waals surface area contributed by atoms with Crippen LogP contribution in [-0.4, -0.2) is 48.3 Å². The minimum atomic E-state index is -3.98. The second kappa shape index (κ2) is 10.9. The summed E-state index contributed by atoms with van der Waals surface area (Å²) in [6.07, 6.45) is 5.88. The third-order valence-corrected chi connectivity index (χ3v) is 8.61. The summed E-state index contributed by atoms with van der Waals surface area (Å²) in [6.45, 7) is 0.781. The van der Waals surface area contributed by atoms with E-state index in [0.29, 0.717) is 32.2 Å². The number of fused-ring (bicyclic) bond motifs is 1. The van der Waals surface area contributed by atoms with Crippen molar-refractivity contribution >= 4 is 56.4 Å². The second-order valence-electron chi connectivity index (χ2n) is 9.07. The molecule has 0 saturated heterocycles. The van der Waals surface area contributed by atoms with Gasteiger partial charge in [-0.05, 0) is 49.3 Å². The highest BCUT2D eigenvalue weighted by atomic mass is 35.5. The molecular formula is C23H24Cl2N6O4S2. The van der Waals surface area contributed by atoms with E-state index >= 15 is 0 Å². The van der Waals surface area contributed by atoms with Crippen LogP contribution >= 0.6 is 34.5 Å². The molecule has 0 radical (unpaired) electrons. The predicted molar refractivity (Wildman–Crippen MR) is 141 cm³/mol. The number of nitrogens with zero attached hydrogens (tertiary/aromatic N) is 3. The lowest BCUT2D eigenvalue weighted by Crippen LogP contribution is -2.31. The number of anilines is 1. The summed E-state index contributed by atoms with van der Waals surface area (Å²) >= 11 is 14.0. The number of carbonyl (C=O) groups is 1. The summed E-state index contributed by atoms with van der Waals surface area (Å²) in [5, 5.41) is 12.1. The molecule has 196 valence electrons. The quantitative estimate of drug-likeness (QED) is 0.268. The monoisotopic (exact) mass is 582 g/mol. The third kappa shape index (κ3) is 6.11. The molecule has 14 heteroatoms. The Hall–Kier alpha value is -2.19. The van der Waals surface area contributed by atoms with Crippen molar-refractivity contribution in [3.8, 4) is 0 Å². The topological polar surface area (TPSA) is 149 Å². The van der Waals surface area contributed by atoms with Crippen LogP contribution < -0.4 is 15.8 Å². The number of nitrogens with two attached hydrogens (primary N) is 1. The molecule has 1 fully saturated rings.